The van der Waals surface area contributed by atoms with Gasteiger partial charge in [-0.05, 0) is 19.9 Å². The Morgan fingerprint density at radius 3 is 2.94 bits per heavy atom. The maximum Gasteiger partial charge on any atom is 0.159 e. The molecule has 6 heteroatoms. The minimum Gasteiger partial charge on any atom is -0.384 e. The van der Waals surface area contributed by atoms with Crippen LogP contribution in [0.3, 0.4) is 0 Å². The van der Waals surface area contributed by atoms with E-state index in [0.717, 1.165) is 42.7 Å². The van der Waals surface area contributed by atoms with Crippen LogP contribution in [0.25, 0.3) is 10.9 Å². The minimum atomic E-state index is 0.520. The van der Waals surface area contributed by atoms with E-state index in [1.165, 1.54) is 0 Å². The van der Waals surface area contributed by atoms with Crippen molar-refractivity contribution in [3.05, 3.63) is 12.3 Å². The SMILES string of the molecule is CNC1CCN(c2n[nH]c3cc(N)ncc23)CC1. The van der Waals surface area contributed by atoms with Gasteiger partial charge in [0.25, 0.3) is 0 Å². The van der Waals surface area contributed by atoms with Crippen molar-refractivity contribution in [3.63, 3.8) is 0 Å². The van der Waals surface area contributed by atoms with E-state index in [4.69, 9.17) is 5.73 Å². The van der Waals surface area contributed by atoms with Crippen molar-refractivity contribution in [1.29, 1.82) is 0 Å². The number of nitrogens with zero attached hydrogens (tertiary/aromatic N) is 3. The second-order valence-corrected chi connectivity index (χ2v) is 4.75. The smallest absolute Gasteiger partial charge is 0.159 e. The van der Waals surface area contributed by atoms with Crippen molar-refractivity contribution in [1.82, 2.24) is 20.5 Å². The normalized spacial score (nSPS) is 17.5. The lowest BCUT2D eigenvalue weighted by Gasteiger charge is -2.31. The number of nitrogens with two attached hydrogens (primary N) is 1. The highest BCUT2D eigenvalue weighted by molar-refractivity contribution is 5.90. The zero-order chi connectivity index (χ0) is 12.5. The summed E-state index contributed by atoms with van der Waals surface area (Å²) in [5.74, 6) is 1.51. The van der Waals surface area contributed by atoms with Crippen molar-refractivity contribution in [2.45, 2.75) is 18.9 Å². The van der Waals surface area contributed by atoms with Crippen LogP contribution in [0.1, 0.15) is 12.8 Å². The number of hydrogen-bond donors (Lipinski definition) is 3. The van der Waals surface area contributed by atoms with Crippen molar-refractivity contribution in [3.8, 4) is 0 Å². The van der Waals surface area contributed by atoms with Crippen LogP contribution in [0, 0.1) is 0 Å². The molecule has 18 heavy (non-hydrogen) atoms. The molecular formula is C12H18N6. The first-order valence-electron chi connectivity index (χ1n) is 6.29. The molecule has 3 heterocycles. The van der Waals surface area contributed by atoms with Crippen molar-refractivity contribution in [2.24, 2.45) is 0 Å². The van der Waals surface area contributed by atoms with Gasteiger partial charge < -0.3 is 16.0 Å². The summed E-state index contributed by atoms with van der Waals surface area (Å²) >= 11 is 0. The number of piperidine rings is 1. The molecule has 2 aromatic heterocycles. The van der Waals surface area contributed by atoms with Gasteiger partial charge in [-0.1, -0.05) is 0 Å². The summed E-state index contributed by atoms with van der Waals surface area (Å²) in [5, 5.41) is 11.8. The first-order valence-corrected chi connectivity index (χ1v) is 6.29. The number of rotatable bonds is 2. The van der Waals surface area contributed by atoms with Crippen molar-refractivity contribution >= 4 is 22.5 Å². The number of H-pyrrole nitrogens is 1. The molecule has 2 aromatic rings. The molecule has 1 aliphatic rings. The Kier molecular flexibility index (Phi) is 2.79. The largest absolute Gasteiger partial charge is 0.384 e. The molecule has 0 radical (unpaired) electrons. The average molecular weight is 246 g/mol. The molecule has 0 bridgehead atoms. The van der Waals surface area contributed by atoms with E-state index in [2.05, 4.69) is 25.4 Å². The van der Waals surface area contributed by atoms with Crippen LogP contribution in [-0.2, 0) is 0 Å². The summed E-state index contributed by atoms with van der Waals surface area (Å²) in [5.41, 5.74) is 6.62. The quantitative estimate of drug-likeness (QED) is 0.727. The van der Waals surface area contributed by atoms with Crippen LogP contribution in [0.2, 0.25) is 0 Å². The van der Waals surface area contributed by atoms with E-state index < -0.39 is 0 Å². The molecule has 1 fully saturated rings. The Bertz CT molecular complexity index is 540. The molecule has 0 unspecified atom stereocenters. The van der Waals surface area contributed by atoms with Crippen LogP contribution in [0.4, 0.5) is 11.6 Å². The third-order valence-electron chi connectivity index (χ3n) is 3.65. The van der Waals surface area contributed by atoms with E-state index in [0.29, 0.717) is 11.9 Å². The molecule has 0 saturated carbocycles. The first kappa shape index (κ1) is 11.3. The molecule has 0 atom stereocenters. The number of hydrogen-bond acceptors (Lipinski definition) is 5. The number of pyridine rings is 1. The molecule has 4 N–H and O–H groups in total. The van der Waals surface area contributed by atoms with Gasteiger partial charge in [-0.25, -0.2) is 4.98 Å². The molecule has 1 aliphatic heterocycles. The van der Waals surface area contributed by atoms with Gasteiger partial charge in [-0.15, -0.1) is 0 Å². The number of aromatic amines is 1. The second-order valence-electron chi connectivity index (χ2n) is 4.75. The lowest BCUT2D eigenvalue weighted by molar-refractivity contribution is 0.441. The average Bonchev–Trinajstić information content (AvgIpc) is 2.81. The Labute approximate surface area is 106 Å². The van der Waals surface area contributed by atoms with Crippen LogP contribution >= 0.6 is 0 Å². The summed E-state index contributed by atoms with van der Waals surface area (Å²) in [6, 6.07) is 2.45. The molecule has 0 spiro atoms. The van der Waals surface area contributed by atoms with Crippen molar-refractivity contribution in [2.75, 3.05) is 30.8 Å². The molecule has 0 aromatic carbocycles. The maximum absolute atomic E-state index is 5.67. The molecule has 0 aliphatic carbocycles. The van der Waals surface area contributed by atoms with E-state index in [-0.39, 0.29) is 0 Å². The molecular weight excluding hydrogens is 228 g/mol. The fraction of sp³-hybridized carbons (Fsp3) is 0.500. The fourth-order valence-electron chi connectivity index (χ4n) is 2.54. The van der Waals surface area contributed by atoms with Gasteiger partial charge in [-0.2, -0.15) is 5.10 Å². The number of anilines is 2. The Balaban J connectivity index is 1.87. The lowest BCUT2D eigenvalue weighted by Crippen LogP contribution is -2.41. The van der Waals surface area contributed by atoms with Gasteiger partial charge in [0.05, 0.1) is 10.9 Å². The molecule has 0 amide bonds. The Morgan fingerprint density at radius 1 is 1.44 bits per heavy atom. The van der Waals surface area contributed by atoms with Gasteiger partial charge in [0.15, 0.2) is 5.82 Å². The summed E-state index contributed by atoms with van der Waals surface area (Å²) in [6.45, 7) is 2.05. The Hall–Kier alpha value is -1.82. The van der Waals surface area contributed by atoms with Crippen LogP contribution < -0.4 is 16.0 Å². The zero-order valence-corrected chi connectivity index (χ0v) is 10.5. The first-order chi connectivity index (χ1) is 8.78. The minimum absolute atomic E-state index is 0.520. The zero-order valence-electron chi connectivity index (χ0n) is 10.5. The number of nitrogen functional groups attached to an aromatic ring is 1. The standard InChI is InChI=1S/C12H18N6/c1-14-8-2-4-18(5-3-8)12-9-7-15-11(13)6-10(9)16-17-12/h6-8,14H,2-5H2,1H3,(H2,13,15)(H,16,17). The van der Waals surface area contributed by atoms with Gasteiger partial charge in [0, 0.05) is 31.4 Å². The molecule has 1 saturated heterocycles. The number of nitrogens with one attached hydrogen (secondary N) is 2. The van der Waals surface area contributed by atoms with Crippen molar-refractivity contribution < 1.29 is 0 Å². The van der Waals surface area contributed by atoms with Gasteiger partial charge in [0.1, 0.15) is 5.82 Å². The predicted molar refractivity (Wildman–Crippen MR) is 72.6 cm³/mol. The van der Waals surface area contributed by atoms with Crippen LogP contribution in [0.15, 0.2) is 12.3 Å². The summed E-state index contributed by atoms with van der Waals surface area (Å²) in [6.07, 6.45) is 4.09. The highest BCUT2D eigenvalue weighted by Crippen LogP contribution is 2.26. The highest BCUT2D eigenvalue weighted by atomic mass is 15.3. The topological polar surface area (TPSA) is 82.9 Å². The molecule has 96 valence electrons. The third-order valence-corrected chi connectivity index (χ3v) is 3.65. The van der Waals surface area contributed by atoms with Gasteiger partial charge in [0.2, 0.25) is 0 Å². The fourth-order valence-corrected chi connectivity index (χ4v) is 2.54. The highest BCUT2D eigenvalue weighted by Gasteiger charge is 2.21. The maximum atomic E-state index is 5.67. The van der Waals surface area contributed by atoms with E-state index in [9.17, 15) is 0 Å². The van der Waals surface area contributed by atoms with Gasteiger partial charge >= 0.3 is 0 Å². The van der Waals surface area contributed by atoms with Crippen LogP contribution in [0.5, 0.6) is 0 Å². The number of aromatic nitrogens is 3. The monoisotopic (exact) mass is 246 g/mol. The Morgan fingerprint density at radius 2 is 2.22 bits per heavy atom. The molecule has 6 nitrogen and oxygen atoms in total. The van der Waals surface area contributed by atoms with E-state index in [1.54, 1.807) is 6.20 Å². The lowest BCUT2D eigenvalue weighted by atomic mass is 10.1. The van der Waals surface area contributed by atoms with Gasteiger partial charge in [-0.3, -0.25) is 5.10 Å². The summed E-state index contributed by atoms with van der Waals surface area (Å²) < 4.78 is 0. The number of fused-ring (bicyclic) bond motifs is 1. The van der Waals surface area contributed by atoms with Crippen LogP contribution in [-0.4, -0.2) is 41.4 Å². The van der Waals surface area contributed by atoms with E-state index in [1.807, 2.05) is 13.1 Å². The predicted octanol–water partition coefficient (Wildman–Crippen LogP) is 0.728. The summed E-state index contributed by atoms with van der Waals surface area (Å²) in [4.78, 5) is 6.45. The third kappa shape index (κ3) is 1.88. The summed E-state index contributed by atoms with van der Waals surface area (Å²) in [7, 11) is 2.02. The second kappa shape index (κ2) is 4.45. The molecule has 3 rings (SSSR count). The van der Waals surface area contributed by atoms with E-state index >= 15 is 0 Å².